The number of fused-ring (bicyclic) bond motifs is 6. The van der Waals surface area contributed by atoms with Crippen molar-refractivity contribution in [2.24, 2.45) is 0 Å². The second-order valence-electron chi connectivity index (χ2n) is 26.2. The maximum atomic E-state index is 11.2. The third kappa shape index (κ3) is 14.0. The standard InChI is InChI=1S/C29H33NO6.C28H31NO6.C27H29NO6/c1-31-22-8-6-7-9-23(22)36-13-12-30-11-10-18-15-26(34-4)29(35-5)28-20-17-25(33-3)24(32-2)16-19(20)14-21(30)27(18)28;1-31-21-7-5-6-8-22(21)35-12-11-29-10-9-17-14-25(34-4)28(30)27-19-16-24(33-3)23(32-2)15-18(19)13-20(29)26(17)27;1-31-22-6-4-5-7-23(22)34-11-10-28-9-8-16-13-21(30)27(33-3)26-18-15-24(32-2)20(29)14-17(18)12-19(28)25(16)26/h6-9,15-17,21H,10-14H2,1-5H3;5-8,14-16,20,30H,9-13H2,1-4H3;4-7,13-15,19,29-30H,8-12H2,1-3H3. The van der Waals surface area contributed by atoms with Gasteiger partial charge in [0.1, 0.15) is 19.8 Å². The molecule has 105 heavy (non-hydrogen) atoms. The van der Waals surface area contributed by atoms with E-state index in [9.17, 15) is 15.3 Å². The zero-order chi connectivity index (χ0) is 73.6. The van der Waals surface area contributed by atoms with Crippen LogP contribution in [-0.2, 0) is 38.5 Å². The predicted octanol–water partition coefficient (Wildman–Crippen LogP) is 13.9. The molecule has 3 unspecified atom stereocenters. The zero-order valence-electron chi connectivity index (χ0n) is 61.8. The van der Waals surface area contributed by atoms with Crippen LogP contribution in [0.15, 0.2) is 127 Å². The fourth-order valence-corrected chi connectivity index (χ4v) is 16.2. The summed E-state index contributed by atoms with van der Waals surface area (Å²) in [6, 6.07) is 41.1. The van der Waals surface area contributed by atoms with Crippen molar-refractivity contribution < 1.29 is 86.4 Å². The Balaban J connectivity index is 0.000000140. The molecule has 6 aliphatic rings. The fraction of sp³-hybridized carbons (Fsp3) is 0.357. The van der Waals surface area contributed by atoms with Gasteiger partial charge >= 0.3 is 0 Å². The third-order valence-electron chi connectivity index (χ3n) is 21.1. The first-order valence-electron chi connectivity index (χ1n) is 35.3. The van der Waals surface area contributed by atoms with E-state index >= 15 is 0 Å². The fourth-order valence-electron chi connectivity index (χ4n) is 16.2. The number of aromatic hydroxyl groups is 3. The predicted molar refractivity (Wildman–Crippen MR) is 400 cm³/mol. The van der Waals surface area contributed by atoms with E-state index in [0.717, 1.165) is 179 Å². The molecule has 0 bridgehead atoms. The van der Waals surface area contributed by atoms with E-state index in [4.69, 9.17) is 71.1 Å². The second kappa shape index (κ2) is 32.1. The molecular formula is C84H93N3O18. The van der Waals surface area contributed by atoms with Gasteiger partial charge in [-0.15, -0.1) is 0 Å². The number of hydrogen-bond acceptors (Lipinski definition) is 21. The van der Waals surface area contributed by atoms with Gasteiger partial charge < -0.3 is 86.4 Å². The monoisotopic (exact) mass is 1430 g/mol. The first-order chi connectivity index (χ1) is 51.3. The summed E-state index contributed by atoms with van der Waals surface area (Å²) in [4.78, 5) is 7.35. The molecule has 3 heterocycles. The average Bonchev–Trinajstić information content (AvgIpc) is 0.738. The van der Waals surface area contributed by atoms with Gasteiger partial charge in [0.2, 0.25) is 0 Å². The zero-order valence-corrected chi connectivity index (χ0v) is 61.8. The number of benzene rings is 9. The highest BCUT2D eigenvalue weighted by Crippen LogP contribution is 2.58. The molecule has 552 valence electrons. The van der Waals surface area contributed by atoms with E-state index in [2.05, 4.69) is 32.9 Å². The summed E-state index contributed by atoms with van der Waals surface area (Å²) in [6.07, 6.45) is 5.00. The molecule has 3 atom stereocenters. The molecule has 21 heteroatoms. The van der Waals surface area contributed by atoms with Crippen LogP contribution in [0.1, 0.15) is 68.2 Å². The highest BCUT2D eigenvalue weighted by molar-refractivity contribution is 5.88. The van der Waals surface area contributed by atoms with Crippen LogP contribution in [0, 0.1) is 0 Å². The molecule has 0 radical (unpaired) electrons. The lowest BCUT2D eigenvalue weighted by Gasteiger charge is -2.42. The van der Waals surface area contributed by atoms with Crippen molar-refractivity contribution >= 4 is 0 Å². The van der Waals surface area contributed by atoms with Crippen molar-refractivity contribution in [1.82, 2.24) is 14.7 Å². The van der Waals surface area contributed by atoms with Crippen LogP contribution in [0.25, 0.3) is 33.4 Å². The summed E-state index contributed by atoms with van der Waals surface area (Å²) in [5.74, 6) is 10.4. The Morgan fingerprint density at radius 1 is 0.295 bits per heavy atom. The molecule has 0 saturated carbocycles. The molecule has 9 aromatic rings. The number of nitrogens with zero attached hydrogens (tertiary/aromatic N) is 3. The van der Waals surface area contributed by atoms with Crippen molar-refractivity contribution in [3.05, 3.63) is 177 Å². The van der Waals surface area contributed by atoms with Gasteiger partial charge in [-0.25, -0.2) is 0 Å². The van der Waals surface area contributed by atoms with Crippen molar-refractivity contribution in [2.75, 3.05) is 144 Å². The molecule has 21 nitrogen and oxygen atoms in total. The van der Waals surface area contributed by atoms with Crippen LogP contribution in [0.3, 0.4) is 0 Å². The van der Waals surface area contributed by atoms with Gasteiger partial charge in [0.05, 0.1) is 85.3 Å². The number of phenolic OH excluding ortho intramolecular Hbond substituents is 3. The summed E-state index contributed by atoms with van der Waals surface area (Å²) in [5, 5.41) is 32.4. The molecule has 3 aliphatic heterocycles. The number of ether oxygens (including phenoxy) is 15. The molecule has 9 aromatic carbocycles. The van der Waals surface area contributed by atoms with Gasteiger partial charge in [-0.05, 0) is 196 Å². The Morgan fingerprint density at radius 3 is 0.990 bits per heavy atom. The van der Waals surface area contributed by atoms with E-state index in [0.29, 0.717) is 60.1 Å². The van der Waals surface area contributed by atoms with E-state index in [1.807, 2.05) is 103 Å². The Hall–Kier alpha value is -10.7. The highest BCUT2D eigenvalue weighted by atomic mass is 16.5. The SMILES string of the molecule is COc1cc2c(cc1O)CC1c3c(cc(O)c(OC)c3-2)CCN1CCOc1ccccc1OC.COc1cc2c(cc1OC)-c1c(O)c(OC)cc3c1C(C2)N(CCOc1ccccc1OC)CC3.COc1cc2c(cc1OC)-c1c(OC)c(OC)cc3c1C(C2)N(CCOc1ccccc1OC)CC3. The maximum Gasteiger partial charge on any atom is 0.168 e. The molecule has 0 spiro atoms. The van der Waals surface area contributed by atoms with Crippen LogP contribution >= 0.6 is 0 Å². The molecular weight excluding hydrogens is 1340 g/mol. The van der Waals surface area contributed by atoms with Crippen LogP contribution in [0.4, 0.5) is 0 Å². The summed E-state index contributed by atoms with van der Waals surface area (Å²) < 4.78 is 85.2. The minimum atomic E-state index is 0.0785. The lowest BCUT2D eigenvalue weighted by Crippen LogP contribution is -2.40. The average molecular weight is 1430 g/mol. The molecule has 0 saturated heterocycles. The Bertz CT molecular complexity index is 4640. The van der Waals surface area contributed by atoms with Crippen LogP contribution < -0.4 is 71.1 Å². The van der Waals surface area contributed by atoms with Crippen LogP contribution in [0.2, 0.25) is 0 Å². The third-order valence-corrected chi connectivity index (χ3v) is 21.1. The molecule has 0 aromatic heterocycles. The minimum absolute atomic E-state index is 0.0785. The van der Waals surface area contributed by atoms with Crippen molar-refractivity contribution in [2.45, 2.75) is 56.7 Å². The Morgan fingerprint density at radius 2 is 0.600 bits per heavy atom. The largest absolute Gasteiger partial charge is 0.504 e. The second-order valence-corrected chi connectivity index (χ2v) is 26.2. The number of hydrogen-bond donors (Lipinski definition) is 3. The van der Waals surface area contributed by atoms with Crippen molar-refractivity contribution in [3.63, 3.8) is 0 Å². The van der Waals surface area contributed by atoms with E-state index in [1.165, 1.54) is 34.9 Å². The van der Waals surface area contributed by atoms with Crippen LogP contribution in [-0.4, -0.2) is 174 Å². The maximum absolute atomic E-state index is 11.2. The smallest absolute Gasteiger partial charge is 0.168 e. The van der Waals surface area contributed by atoms with E-state index in [-0.39, 0.29) is 35.4 Å². The van der Waals surface area contributed by atoms with Gasteiger partial charge in [0, 0.05) is 74.1 Å². The first-order valence-corrected chi connectivity index (χ1v) is 35.3. The van der Waals surface area contributed by atoms with Gasteiger partial charge in [0.15, 0.2) is 103 Å². The summed E-state index contributed by atoms with van der Waals surface area (Å²) >= 11 is 0. The number of para-hydroxylation sites is 6. The Kier molecular flexibility index (Phi) is 22.2. The summed E-state index contributed by atoms with van der Waals surface area (Å²) in [6.45, 7) is 6.54. The number of methoxy groups -OCH3 is 12. The molecule has 0 amide bonds. The number of phenols is 3. The highest BCUT2D eigenvalue weighted by Gasteiger charge is 2.42. The van der Waals surface area contributed by atoms with Gasteiger partial charge in [-0.3, -0.25) is 14.7 Å². The topological polar surface area (TPSA) is 209 Å². The summed E-state index contributed by atoms with van der Waals surface area (Å²) in [7, 11) is 19.6. The van der Waals surface area contributed by atoms with Crippen LogP contribution in [0.5, 0.6) is 103 Å². The lowest BCUT2D eigenvalue weighted by molar-refractivity contribution is 0.146. The Labute approximate surface area is 613 Å². The number of rotatable bonds is 24. The molecule has 0 fully saturated rings. The minimum Gasteiger partial charge on any atom is -0.504 e. The molecule has 15 rings (SSSR count). The van der Waals surface area contributed by atoms with Crippen molar-refractivity contribution in [3.8, 4) is 137 Å². The lowest BCUT2D eigenvalue weighted by atomic mass is 9.76. The first kappa shape index (κ1) is 72.6. The normalized spacial score (nSPS) is 16.2. The van der Waals surface area contributed by atoms with Gasteiger partial charge in [0.25, 0.3) is 0 Å². The van der Waals surface area contributed by atoms with Crippen molar-refractivity contribution in [1.29, 1.82) is 0 Å². The van der Waals surface area contributed by atoms with Gasteiger partial charge in [-0.2, -0.15) is 0 Å². The molecule has 3 aliphatic carbocycles. The van der Waals surface area contributed by atoms with E-state index in [1.54, 1.807) is 84.3 Å². The van der Waals surface area contributed by atoms with Gasteiger partial charge in [-0.1, -0.05) is 36.4 Å². The molecule has 3 N–H and O–H groups in total. The summed E-state index contributed by atoms with van der Waals surface area (Å²) in [5.41, 5.74) is 16.3. The van der Waals surface area contributed by atoms with E-state index < -0.39 is 0 Å². The quantitative estimate of drug-likeness (QED) is 0.0514.